The molecule has 6 heteroatoms. The van der Waals surface area contributed by atoms with Crippen LogP contribution in [0.25, 0.3) is 0 Å². The Balaban J connectivity index is 2.29. The van der Waals surface area contributed by atoms with Gasteiger partial charge in [-0.3, -0.25) is 4.79 Å². The summed E-state index contributed by atoms with van der Waals surface area (Å²) in [6.07, 6.45) is 2.30. The summed E-state index contributed by atoms with van der Waals surface area (Å²) in [6, 6.07) is -0.830. The number of carbonyl (C=O) groups excluding carboxylic acids is 1. The van der Waals surface area contributed by atoms with Crippen LogP contribution in [0.1, 0.15) is 33.1 Å². The van der Waals surface area contributed by atoms with E-state index in [1.165, 1.54) is 0 Å². The number of aliphatic carboxylic acids is 1. The van der Waals surface area contributed by atoms with Gasteiger partial charge in [-0.25, -0.2) is 4.79 Å². The van der Waals surface area contributed by atoms with E-state index in [9.17, 15) is 9.59 Å². The summed E-state index contributed by atoms with van der Waals surface area (Å²) in [7, 11) is 0. The van der Waals surface area contributed by atoms with Gasteiger partial charge in [0.15, 0.2) is 0 Å². The van der Waals surface area contributed by atoms with Crippen LogP contribution in [0.15, 0.2) is 0 Å². The van der Waals surface area contributed by atoms with Crippen molar-refractivity contribution in [3.8, 4) is 0 Å². The van der Waals surface area contributed by atoms with E-state index in [-0.39, 0.29) is 24.5 Å². The maximum Gasteiger partial charge on any atom is 0.326 e. The largest absolute Gasteiger partial charge is 0.480 e. The molecule has 19 heavy (non-hydrogen) atoms. The van der Waals surface area contributed by atoms with Gasteiger partial charge in [0.25, 0.3) is 0 Å². The number of ether oxygens (including phenoxy) is 1. The van der Waals surface area contributed by atoms with E-state index in [1.54, 1.807) is 0 Å². The molecule has 1 rings (SSSR count). The molecule has 1 aliphatic heterocycles. The monoisotopic (exact) mass is 272 g/mol. The van der Waals surface area contributed by atoms with E-state index >= 15 is 0 Å². The van der Waals surface area contributed by atoms with Gasteiger partial charge < -0.3 is 20.5 Å². The molecule has 1 fully saturated rings. The molecule has 0 aromatic heterocycles. The van der Waals surface area contributed by atoms with Crippen LogP contribution >= 0.6 is 0 Å². The minimum atomic E-state index is -0.996. The van der Waals surface area contributed by atoms with Gasteiger partial charge in [-0.2, -0.15) is 0 Å². The molecule has 0 saturated carbocycles. The molecule has 0 aliphatic carbocycles. The van der Waals surface area contributed by atoms with Crippen molar-refractivity contribution in [3.05, 3.63) is 0 Å². The van der Waals surface area contributed by atoms with Crippen molar-refractivity contribution in [1.29, 1.82) is 0 Å². The van der Waals surface area contributed by atoms with Crippen molar-refractivity contribution in [2.45, 2.75) is 45.3 Å². The Morgan fingerprint density at radius 3 is 2.53 bits per heavy atom. The fraction of sp³-hybridized carbons (Fsp3) is 0.846. The number of amides is 1. The summed E-state index contributed by atoms with van der Waals surface area (Å²) in [4.78, 5) is 22.7. The Kier molecular flexibility index (Phi) is 6.80. The highest BCUT2D eigenvalue weighted by Gasteiger charge is 2.22. The Morgan fingerprint density at radius 2 is 2.00 bits per heavy atom. The number of piperidine rings is 1. The van der Waals surface area contributed by atoms with Gasteiger partial charge in [-0.15, -0.1) is 0 Å². The van der Waals surface area contributed by atoms with Gasteiger partial charge in [0.2, 0.25) is 5.91 Å². The van der Waals surface area contributed by atoms with Gasteiger partial charge >= 0.3 is 5.97 Å². The zero-order chi connectivity index (χ0) is 14.3. The van der Waals surface area contributed by atoms with E-state index in [0.717, 1.165) is 25.9 Å². The van der Waals surface area contributed by atoms with Crippen molar-refractivity contribution in [3.63, 3.8) is 0 Å². The van der Waals surface area contributed by atoms with E-state index in [0.29, 0.717) is 6.42 Å². The van der Waals surface area contributed by atoms with Crippen molar-refractivity contribution < 1.29 is 19.4 Å². The lowest BCUT2D eigenvalue weighted by Crippen LogP contribution is -2.44. The predicted molar refractivity (Wildman–Crippen MR) is 70.9 cm³/mol. The van der Waals surface area contributed by atoms with E-state index < -0.39 is 12.0 Å². The summed E-state index contributed by atoms with van der Waals surface area (Å²) < 4.78 is 5.49. The topological polar surface area (TPSA) is 87.7 Å². The summed E-state index contributed by atoms with van der Waals surface area (Å²) in [6.45, 7) is 5.59. The lowest BCUT2D eigenvalue weighted by atomic mass is 10.0. The van der Waals surface area contributed by atoms with Crippen LogP contribution in [0.4, 0.5) is 0 Å². The highest BCUT2D eigenvalue weighted by atomic mass is 16.5. The van der Waals surface area contributed by atoms with E-state index in [4.69, 9.17) is 9.84 Å². The molecule has 1 saturated heterocycles. The fourth-order valence-electron chi connectivity index (χ4n) is 2.08. The molecule has 3 N–H and O–H groups in total. The molecule has 1 atom stereocenters. The van der Waals surface area contributed by atoms with Gasteiger partial charge in [0.1, 0.15) is 12.6 Å². The number of carboxylic acids is 1. The molecule has 110 valence electrons. The second kappa shape index (κ2) is 8.12. The normalized spacial score (nSPS) is 18.3. The number of carbonyl (C=O) groups is 2. The maximum atomic E-state index is 11.7. The molecular formula is C13H24N2O4. The highest BCUT2D eigenvalue weighted by molar-refractivity contribution is 5.84. The third-order valence-corrected chi connectivity index (χ3v) is 3.08. The first-order valence-corrected chi connectivity index (χ1v) is 6.83. The van der Waals surface area contributed by atoms with Crippen molar-refractivity contribution in [2.75, 3.05) is 19.7 Å². The molecule has 1 heterocycles. The number of hydrogen-bond acceptors (Lipinski definition) is 4. The van der Waals surface area contributed by atoms with Crippen LogP contribution in [-0.4, -0.2) is 48.8 Å². The molecule has 0 unspecified atom stereocenters. The SMILES string of the molecule is CC(C)C[C@@H](NC(=O)COC1CCNCC1)C(=O)O. The highest BCUT2D eigenvalue weighted by Crippen LogP contribution is 2.07. The quantitative estimate of drug-likeness (QED) is 0.623. The van der Waals surface area contributed by atoms with E-state index in [2.05, 4.69) is 10.6 Å². The summed E-state index contributed by atoms with van der Waals surface area (Å²) >= 11 is 0. The first kappa shape index (κ1) is 15.9. The third kappa shape index (κ3) is 6.54. The zero-order valence-electron chi connectivity index (χ0n) is 11.6. The van der Waals surface area contributed by atoms with Crippen LogP contribution in [0.2, 0.25) is 0 Å². The smallest absolute Gasteiger partial charge is 0.326 e. The van der Waals surface area contributed by atoms with Gasteiger partial charge in [0.05, 0.1) is 6.10 Å². The first-order valence-electron chi connectivity index (χ1n) is 6.83. The van der Waals surface area contributed by atoms with Gasteiger partial charge in [-0.1, -0.05) is 13.8 Å². The minimum Gasteiger partial charge on any atom is -0.480 e. The molecule has 6 nitrogen and oxygen atoms in total. The number of hydrogen-bond donors (Lipinski definition) is 3. The first-order chi connectivity index (χ1) is 8.99. The Hall–Kier alpha value is -1.14. The number of nitrogens with one attached hydrogen (secondary N) is 2. The average molecular weight is 272 g/mol. The molecule has 1 amide bonds. The number of rotatable bonds is 7. The van der Waals surface area contributed by atoms with E-state index in [1.807, 2.05) is 13.8 Å². The maximum absolute atomic E-state index is 11.7. The second-order valence-corrected chi connectivity index (χ2v) is 5.35. The molecule has 0 aromatic carbocycles. The van der Waals surface area contributed by atoms with Crippen molar-refractivity contribution in [1.82, 2.24) is 10.6 Å². The Morgan fingerprint density at radius 1 is 1.37 bits per heavy atom. The molecule has 0 spiro atoms. The van der Waals surface area contributed by atoms with Crippen LogP contribution in [0.3, 0.4) is 0 Å². The Labute approximate surface area is 113 Å². The third-order valence-electron chi connectivity index (χ3n) is 3.08. The number of carboxylic acid groups (broad SMARTS) is 1. The van der Waals surface area contributed by atoms with Gasteiger partial charge in [-0.05, 0) is 38.3 Å². The van der Waals surface area contributed by atoms with Crippen molar-refractivity contribution in [2.24, 2.45) is 5.92 Å². The molecule has 0 aromatic rings. The van der Waals surface area contributed by atoms with Crippen LogP contribution in [0.5, 0.6) is 0 Å². The minimum absolute atomic E-state index is 0.0630. The van der Waals surface area contributed by atoms with Crippen LogP contribution in [-0.2, 0) is 14.3 Å². The molecular weight excluding hydrogens is 248 g/mol. The van der Waals surface area contributed by atoms with Crippen LogP contribution < -0.4 is 10.6 Å². The summed E-state index contributed by atoms with van der Waals surface area (Å²) in [5, 5.41) is 14.7. The van der Waals surface area contributed by atoms with Crippen LogP contribution in [0, 0.1) is 5.92 Å². The summed E-state index contributed by atoms with van der Waals surface area (Å²) in [5.41, 5.74) is 0. The zero-order valence-corrected chi connectivity index (χ0v) is 11.6. The lowest BCUT2D eigenvalue weighted by Gasteiger charge is -2.23. The fourth-order valence-corrected chi connectivity index (χ4v) is 2.08. The summed E-state index contributed by atoms with van der Waals surface area (Å²) in [5.74, 6) is -1.14. The Bertz CT molecular complexity index is 301. The molecule has 1 aliphatic rings. The molecule has 0 radical (unpaired) electrons. The van der Waals surface area contributed by atoms with Gasteiger partial charge in [0, 0.05) is 0 Å². The predicted octanol–water partition coefficient (Wildman–Crippen LogP) is 0.371. The average Bonchev–Trinajstić information content (AvgIpc) is 2.36. The second-order valence-electron chi connectivity index (χ2n) is 5.35. The lowest BCUT2D eigenvalue weighted by molar-refractivity contribution is -0.143. The standard InChI is InChI=1S/C13H24N2O4/c1-9(2)7-11(13(17)18)15-12(16)8-19-10-3-5-14-6-4-10/h9-11,14H,3-8H2,1-2H3,(H,15,16)(H,17,18)/t11-/m1/s1. The van der Waals surface area contributed by atoms with Crippen molar-refractivity contribution >= 4 is 11.9 Å². The molecule has 0 bridgehead atoms.